The Labute approximate surface area is 130 Å². The van der Waals surface area contributed by atoms with Gasteiger partial charge in [-0.3, -0.25) is 14.6 Å². The van der Waals surface area contributed by atoms with Crippen molar-refractivity contribution in [1.82, 2.24) is 15.1 Å². The molecule has 0 atom stereocenters. The fourth-order valence-corrected chi connectivity index (χ4v) is 2.63. The largest absolute Gasteiger partial charge is 0.395 e. The molecule has 21 heavy (non-hydrogen) atoms. The van der Waals surface area contributed by atoms with Crippen molar-refractivity contribution in [1.29, 1.82) is 0 Å². The van der Waals surface area contributed by atoms with Crippen molar-refractivity contribution in [3.05, 3.63) is 34.9 Å². The monoisotopic (exact) mass is 311 g/mol. The highest BCUT2D eigenvalue weighted by Gasteiger charge is 2.18. The summed E-state index contributed by atoms with van der Waals surface area (Å²) < 4.78 is 0. The summed E-state index contributed by atoms with van der Waals surface area (Å²) in [6, 6.07) is 7.50. The molecule has 1 aliphatic heterocycles. The Morgan fingerprint density at radius 1 is 1.24 bits per heavy atom. The van der Waals surface area contributed by atoms with E-state index in [1.165, 1.54) is 0 Å². The number of halogens is 1. The fourth-order valence-electron chi connectivity index (χ4n) is 2.42. The van der Waals surface area contributed by atoms with E-state index in [0.717, 1.165) is 38.3 Å². The molecule has 1 aliphatic rings. The molecular weight excluding hydrogens is 290 g/mol. The lowest BCUT2D eigenvalue weighted by Crippen LogP contribution is -2.49. The number of aliphatic hydroxyl groups excluding tert-OH is 1. The van der Waals surface area contributed by atoms with Crippen LogP contribution < -0.4 is 5.32 Å². The van der Waals surface area contributed by atoms with E-state index in [-0.39, 0.29) is 12.5 Å². The molecule has 1 fully saturated rings. The zero-order valence-electron chi connectivity index (χ0n) is 12.1. The molecule has 1 aromatic carbocycles. The maximum absolute atomic E-state index is 11.9. The normalized spacial score (nSPS) is 16.9. The molecule has 1 saturated heterocycles. The average molecular weight is 312 g/mol. The highest BCUT2D eigenvalue weighted by Crippen LogP contribution is 2.10. The number of hydrogen-bond acceptors (Lipinski definition) is 4. The van der Waals surface area contributed by atoms with Gasteiger partial charge in [-0.1, -0.05) is 23.7 Å². The molecule has 2 rings (SSSR count). The lowest BCUT2D eigenvalue weighted by atomic mass is 10.2. The third-order valence-corrected chi connectivity index (χ3v) is 3.86. The van der Waals surface area contributed by atoms with Crippen LogP contribution in [-0.2, 0) is 11.3 Å². The Kier molecular flexibility index (Phi) is 6.45. The molecule has 0 radical (unpaired) electrons. The molecule has 0 unspecified atom stereocenters. The predicted octanol–water partition coefficient (Wildman–Crippen LogP) is 0.566. The minimum Gasteiger partial charge on any atom is -0.395 e. The van der Waals surface area contributed by atoms with Crippen LogP contribution in [0.2, 0.25) is 5.02 Å². The molecule has 5 nitrogen and oxygen atoms in total. The maximum Gasteiger partial charge on any atom is 0.234 e. The van der Waals surface area contributed by atoms with E-state index in [0.29, 0.717) is 18.1 Å². The second-order valence-corrected chi connectivity index (χ2v) is 5.68. The van der Waals surface area contributed by atoms with Crippen LogP contribution >= 0.6 is 11.6 Å². The minimum absolute atomic E-state index is 0.0329. The molecule has 0 spiro atoms. The number of amides is 1. The van der Waals surface area contributed by atoms with Gasteiger partial charge in [-0.15, -0.1) is 0 Å². The SMILES string of the molecule is O=C(CN1CCN(CCO)CC1)NCc1cccc(Cl)c1. The molecule has 1 heterocycles. The smallest absolute Gasteiger partial charge is 0.234 e. The van der Waals surface area contributed by atoms with Crippen molar-refractivity contribution >= 4 is 17.5 Å². The van der Waals surface area contributed by atoms with Gasteiger partial charge in [-0.05, 0) is 17.7 Å². The first-order valence-electron chi connectivity index (χ1n) is 7.24. The van der Waals surface area contributed by atoms with Crippen molar-refractivity contribution in [2.45, 2.75) is 6.54 Å². The van der Waals surface area contributed by atoms with E-state index in [4.69, 9.17) is 16.7 Å². The van der Waals surface area contributed by atoms with E-state index < -0.39 is 0 Å². The lowest BCUT2D eigenvalue weighted by Gasteiger charge is -2.33. The topological polar surface area (TPSA) is 55.8 Å². The Morgan fingerprint density at radius 2 is 1.95 bits per heavy atom. The molecule has 1 amide bonds. The van der Waals surface area contributed by atoms with Crippen molar-refractivity contribution in [3.63, 3.8) is 0 Å². The first-order chi connectivity index (χ1) is 10.2. The highest BCUT2D eigenvalue weighted by atomic mass is 35.5. The summed E-state index contributed by atoms with van der Waals surface area (Å²) in [7, 11) is 0. The maximum atomic E-state index is 11.9. The summed E-state index contributed by atoms with van der Waals surface area (Å²) in [6.45, 7) is 5.38. The number of aliphatic hydroxyl groups is 1. The van der Waals surface area contributed by atoms with Crippen LogP contribution in [0.25, 0.3) is 0 Å². The molecule has 1 aromatic rings. The van der Waals surface area contributed by atoms with Gasteiger partial charge in [0.2, 0.25) is 5.91 Å². The molecular formula is C15H22ClN3O2. The number of rotatable bonds is 6. The van der Waals surface area contributed by atoms with Crippen LogP contribution in [0, 0.1) is 0 Å². The first-order valence-corrected chi connectivity index (χ1v) is 7.62. The molecule has 2 N–H and O–H groups in total. The van der Waals surface area contributed by atoms with Gasteiger partial charge >= 0.3 is 0 Å². The highest BCUT2D eigenvalue weighted by molar-refractivity contribution is 6.30. The zero-order valence-corrected chi connectivity index (χ0v) is 12.9. The summed E-state index contributed by atoms with van der Waals surface area (Å²) in [5.41, 5.74) is 1.00. The number of nitrogens with zero attached hydrogens (tertiary/aromatic N) is 2. The first kappa shape index (κ1) is 16.2. The Balaban J connectivity index is 1.68. The summed E-state index contributed by atoms with van der Waals surface area (Å²) in [6.07, 6.45) is 0. The average Bonchev–Trinajstić information content (AvgIpc) is 2.48. The van der Waals surface area contributed by atoms with Gasteiger partial charge in [0.25, 0.3) is 0 Å². The van der Waals surface area contributed by atoms with Crippen LogP contribution in [0.15, 0.2) is 24.3 Å². The van der Waals surface area contributed by atoms with E-state index in [2.05, 4.69) is 15.1 Å². The van der Waals surface area contributed by atoms with Gasteiger partial charge in [0, 0.05) is 44.3 Å². The number of carbonyl (C=O) groups excluding carboxylic acids is 1. The quantitative estimate of drug-likeness (QED) is 0.806. The molecule has 0 bridgehead atoms. The van der Waals surface area contributed by atoms with Crippen molar-refractivity contribution in [2.75, 3.05) is 45.9 Å². The third kappa shape index (κ3) is 5.63. The summed E-state index contributed by atoms with van der Waals surface area (Å²) in [5, 5.41) is 12.5. The van der Waals surface area contributed by atoms with Crippen molar-refractivity contribution in [2.24, 2.45) is 0 Å². The predicted molar refractivity (Wildman–Crippen MR) is 83.3 cm³/mol. The van der Waals surface area contributed by atoms with Crippen LogP contribution in [0.4, 0.5) is 0 Å². The molecule has 0 aliphatic carbocycles. The molecule has 0 aromatic heterocycles. The number of piperazine rings is 1. The van der Waals surface area contributed by atoms with Crippen LogP contribution in [0.5, 0.6) is 0 Å². The number of carbonyl (C=O) groups is 1. The van der Waals surface area contributed by atoms with Crippen LogP contribution in [-0.4, -0.2) is 66.7 Å². The van der Waals surface area contributed by atoms with Crippen molar-refractivity contribution < 1.29 is 9.90 Å². The number of hydrogen-bond donors (Lipinski definition) is 2. The number of benzene rings is 1. The fraction of sp³-hybridized carbons (Fsp3) is 0.533. The number of nitrogens with one attached hydrogen (secondary N) is 1. The van der Waals surface area contributed by atoms with E-state index in [9.17, 15) is 4.79 Å². The standard InChI is InChI=1S/C15H22ClN3O2/c16-14-3-1-2-13(10-14)11-17-15(21)12-19-6-4-18(5-7-19)8-9-20/h1-3,10,20H,4-9,11-12H2,(H,17,21). The summed E-state index contributed by atoms with van der Waals surface area (Å²) in [5.74, 6) is 0.0329. The Bertz CT molecular complexity index is 462. The number of β-amino-alcohol motifs (C(OH)–C–C–N with tert-alkyl or cyclic N) is 1. The van der Waals surface area contributed by atoms with E-state index >= 15 is 0 Å². The second-order valence-electron chi connectivity index (χ2n) is 5.25. The van der Waals surface area contributed by atoms with Crippen LogP contribution in [0.3, 0.4) is 0 Å². The lowest BCUT2D eigenvalue weighted by molar-refractivity contribution is -0.122. The van der Waals surface area contributed by atoms with Crippen LogP contribution in [0.1, 0.15) is 5.56 Å². The molecule has 0 saturated carbocycles. The van der Waals surface area contributed by atoms with Crippen molar-refractivity contribution in [3.8, 4) is 0 Å². The zero-order chi connectivity index (χ0) is 15.1. The van der Waals surface area contributed by atoms with Gasteiger partial charge in [-0.25, -0.2) is 0 Å². The molecule has 6 heteroatoms. The Morgan fingerprint density at radius 3 is 2.62 bits per heavy atom. The molecule has 116 valence electrons. The van der Waals surface area contributed by atoms with Gasteiger partial charge in [0.1, 0.15) is 0 Å². The summed E-state index contributed by atoms with van der Waals surface area (Å²) >= 11 is 5.91. The summed E-state index contributed by atoms with van der Waals surface area (Å²) in [4.78, 5) is 16.3. The van der Waals surface area contributed by atoms with E-state index in [1.807, 2.05) is 24.3 Å². The van der Waals surface area contributed by atoms with Gasteiger partial charge < -0.3 is 10.4 Å². The Hall–Kier alpha value is -1.14. The van der Waals surface area contributed by atoms with E-state index in [1.54, 1.807) is 0 Å². The van der Waals surface area contributed by atoms with Gasteiger partial charge in [-0.2, -0.15) is 0 Å². The minimum atomic E-state index is 0.0329. The third-order valence-electron chi connectivity index (χ3n) is 3.63. The van der Waals surface area contributed by atoms with Gasteiger partial charge in [0.15, 0.2) is 0 Å². The van der Waals surface area contributed by atoms with Gasteiger partial charge in [0.05, 0.1) is 13.2 Å². The second kappa shape index (κ2) is 8.34.